The first-order valence-corrected chi connectivity index (χ1v) is 21.2. The molecular formula is C46H42Br2P2. The summed E-state index contributed by atoms with van der Waals surface area (Å²) in [5.41, 5.74) is 5.61. The predicted molar refractivity (Wildman–Crippen MR) is 212 cm³/mol. The van der Waals surface area contributed by atoms with Crippen LogP contribution in [0, 0.1) is 0 Å². The summed E-state index contributed by atoms with van der Waals surface area (Å²) in [6.07, 6.45) is 4.13. The fraction of sp³-hybridized carbons (Fsp3) is 0.0870. The Hall–Kier alpha value is -3.64. The van der Waals surface area contributed by atoms with E-state index in [9.17, 15) is 0 Å². The summed E-state index contributed by atoms with van der Waals surface area (Å²) in [5.74, 6) is 0. The summed E-state index contributed by atoms with van der Waals surface area (Å²) in [5, 5.41) is 5.85. The summed E-state index contributed by atoms with van der Waals surface area (Å²) in [7, 11) is -3.67. The number of halogens is 2. The van der Waals surface area contributed by atoms with Gasteiger partial charge >= 0.3 is 0 Å². The van der Waals surface area contributed by atoms with Crippen LogP contribution in [-0.4, -0.2) is 0 Å². The van der Waals surface area contributed by atoms with E-state index >= 15 is 0 Å². The van der Waals surface area contributed by atoms with Crippen LogP contribution in [0.5, 0.6) is 0 Å². The lowest BCUT2D eigenvalue weighted by molar-refractivity contribution is -0.001000. The molecule has 0 amide bonds. The van der Waals surface area contributed by atoms with Gasteiger partial charge in [0.15, 0.2) is 0 Å². The Labute approximate surface area is 320 Å². The van der Waals surface area contributed by atoms with E-state index in [0.717, 1.165) is 24.6 Å². The van der Waals surface area contributed by atoms with Crippen molar-refractivity contribution in [3.8, 4) is 0 Å². The van der Waals surface area contributed by atoms with Gasteiger partial charge in [-0.05, 0) is 70.8 Å². The quantitative estimate of drug-likeness (QED) is 0.160. The Morgan fingerprint density at radius 2 is 0.400 bits per heavy atom. The van der Waals surface area contributed by atoms with Crippen molar-refractivity contribution in [2.75, 3.05) is 0 Å². The van der Waals surface area contributed by atoms with Crippen molar-refractivity contribution in [2.24, 2.45) is 0 Å². The summed E-state index contributed by atoms with van der Waals surface area (Å²) in [6, 6.07) is 77.0. The molecule has 50 heavy (non-hydrogen) atoms. The predicted octanol–water partition coefficient (Wildman–Crippen LogP) is 4.43. The lowest BCUT2D eigenvalue weighted by atomic mass is 10.2. The minimum atomic E-state index is -1.84. The zero-order valence-corrected chi connectivity index (χ0v) is 33.1. The zero-order valence-electron chi connectivity index (χ0n) is 28.1. The van der Waals surface area contributed by atoms with E-state index in [1.807, 2.05) is 0 Å². The number of benzene rings is 7. The molecule has 0 aliphatic rings. The maximum absolute atomic E-state index is 2.42. The highest BCUT2D eigenvalue weighted by molar-refractivity contribution is 7.88. The topological polar surface area (TPSA) is 0 Å². The van der Waals surface area contributed by atoms with Gasteiger partial charge in [0.1, 0.15) is 0 Å². The maximum atomic E-state index is 2.42. The van der Waals surface area contributed by atoms with Gasteiger partial charge in [-0.2, -0.15) is 0 Å². The number of hydrogen-bond donors (Lipinski definition) is 0. The van der Waals surface area contributed by atoms with Crippen LogP contribution in [0.4, 0.5) is 0 Å². The van der Waals surface area contributed by atoms with Gasteiger partial charge in [0, 0.05) is 0 Å². The summed E-state index contributed by atoms with van der Waals surface area (Å²) < 4.78 is 0. The van der Waals surface area contributed by atoms with Gasteiger partial charge in [-0.1, -0.05) is 158 Å². The zero-order chi connectivity index (χ0) is 32.5. The molecule has 0 atom stereocenters. The molecule has 0 nitrogen and oxygen atoms in total. The molecule has 0 fully saturated rings. The molecule has 0 aliphatic carbocycles. The molecule has 0 radical (unpaired) electrons. The van der Waals surface area contributed by atoms with E-state index in [-0.39, 0.29) is 34.0 Å². The second kappa shape index (κ2) is 18.0. The molecule has 7 rings (SSSR count). The van der Waals surface area contributed by atoms with Gasteiger partial charge in [-0.25, -0.2) is 0 Å². The van der Waals surface area contributed by atoms with E-state index in [1.54, 1.807) is 0 Å². The number of rotatable bonds is 12. The molecule has 0 N–H and O–H groups in total. The molecule has 0 aliphatic heterocycles. The summed E-state index contributed by atoms with van der Waals surface area (Å²) in [4.78, 5) is 0. The van der Waals surface area contributed by atoms with Crippen molar-refractivity contribution in [2.45, 2.75) is 24.6 Å². The van der Waals surface area contributed by atoms with Crippen LogP contribution in [0.15, 0.2) is 206 Å². The largest absolute Gasteiger partial charge is 1.00 e. The molecule has 0 aromatic heterocycles. The van der Waals surface area contributed by atoms with Crippen molar-refractivity contribution < 1.29 is 34.0 Å². The Morgan fingerprint density at radius 3 is 0.620 bits per heavy atom. The highest BCUT2D eigenvalue weighted by Crippen LogP contribution is 2.63. The Morgan fingerprint density at radius 1 is 0.220 bits per heavy atom. The first-order chi connectivity index (χ1) is 23.7. The Balaban J connectivity index is 0.00000243. The molecule has 7 aromatic carbocycles. The van der Waals surface area contributed by atoms with Crippen LogP contribution in [0.1, 0.15) is 22.3 Å². The lowest BCUT2D eigenvalue weighted by Gasteiger charge is -2.29. The van der Waals surface area contributed by atoms with Crippen molar-refractivity contribution in [1.29, 1.82) is 0 Å². The summed E-state index contributed by atoms with van der Waals surface area (Å²) >= 11 is 0. The minimum absolute atomic E-state index is 0. The Bertz CT molecular complexity index is 1760. The second-order valence-corrected chi connectivity index (χ2v) is 19.9. The van der Waals surface area contributed by atoms with Gasteiger partial charge in [0.25, 0.3) is 0 Å². The SMILES string of the molecule is [Br-].[Br-].c1ccc(C[P+](Cc2ccc(C[P+](Cc3ccccc3)(c3ccccc3)c3ccccc3)cc2)(c2ccccc2)c2ccccc2)cc1. The highest BCUT2D eigenvalue weighted by Gasteiger charge is 2.44. The molecule has 0 unspecified atom stereocenters. The monoisotopic (exact) mass is 814 g/mol. The molecule has 7 aromatic rings. The van der Waals surface area contributed by atoms with Crippen molar-refractivity contribution in [1.82, 2.24) is 0 Å². The molecule has 0 heterocycles. The molecule has 0 bridgehead atoms. The molecular weight excluding hydrogens is 774 g/mol. The van der Waals surface area contributed by atoms with Gasteiger partial charge in [0.2, 0.25) is 0 Å². The third-order valence-electron chi connectivity index (χ3n) is 9.52. The highest BCUT2D eigenvalue weighted by atomic mass is 79.9. The first-order valence-electron chi connectivity index (χ1n) is 16.9. The van der Waals surface area contributed by atoms with E-state index in [4.69, 9.17) is 0 Å². The Kier molecular flexibility index (Phi) is 13.6. The fourth-order valence-corrected chi connectivity index (χ4v) is 15.7. The van der Waals surface area contributed by atoms with E-state index in [1.165, 1.54) is 43.5 Å². The van der Waals surface area contributed by atoms with Gasteiger partial charge in [-0.15, -0.1) is 0 Å². The standard InChI is InChI=1S/C46H42P2.2BrH/c1-7-19-39(20-8-1)35-47(43-23-11-3-12-24-43,44-25-13-4-14-26-44)37-41-31-33-42(34-32-41)38-48(45-27-15-5-16-28-45,46-29-17-6-18-30-46)36-40-21-9-2-10-22-40;;/h1-34H,35-38H2;2*1H/q+2;;/p-2. The molecule has 0 saturated heterocycles. The number of hydrogen-bond acceptors (Lipinski definition) is 0. The van der Waals surface area contributed by atoms with E-state index in [0.29, 0.717) is 0 Å². The van der Waals surface area contributed by atoms with Crippen LogP contribution in [-0.2, 0) is 24.6 Å². The third-order valence-corrected chi connectivity index (χ3v) is 18.3. The minimum Gasteiger partial charge on any atom is -1.00 e. The van der Waals surface area contributed by atoms with Crippen LogP contribution < -0.4 is 55.2 Å². The van der Waals surface area contributed by atoms with E-state index < -0.39 is 14.5 Å². The van der Waals surface area contributed by atoms with Crippen molar-refractivity contribution >= 4 is 35.7 Å². The van der Waals surface area contributed by atoms with Gasteiger partial charge in [0.05, 0.1) is 60.4 Å². The average Bonchev–Trinajstić information content (AvgIpc) is 3.17. The first kappa shape index (κ1) is 37.6. The maximum Gasteiger partial charge on any atom is 0.0999 e. The molecule has 4 heteroatoms. The van der Waals surface area contributed by atoms with Crippen LogP contribution in [0.25, 0.3) is 0 Å². The summed E-state index contributed by atoms with van der Waals surface area (Å²) in [6.45, 7) is 0. The van der Waals surface area contributed by atoms with Crippen LogP contribution >= 0.6 is 14.5 Å². The van der Waals surface area contributed by atoms with Crippen molar-refractivity contribution in [3.05, 3.63) is 229 Å². The van der Waals surface area contributed by atoms with Gasteiger partial charge in [-0.3, -0.25) is 0 Å². The lowest BCUT2D eigenvalue weighted by Crippen LogP contribution is -3.00. The second-order valence-electron chi connectivity index (χ2n) is 12.7. The van der Waals surface area contributed by atoms with Gasteiger partial charge < -0.3 is 34.0 Å². The van der Waals surface area contributed by atoms with Crippen molar-refractivity contribution in [3.63, 3.8) is 0 Å². The molecule has 250 valence electrons. The average molecular weight is 817 g/mol. The van der Waals surface area contributed by atoms with Crippen LogP contribution in [0.2, 0.25) is 0 Å². The van der Waals surface area contributed by atoms with E-state index in [2.05, 4.69) is 206 Å². The smallest absolute Gasteiger partial charge is 0.0999 e. The fourth-order valence-electron chi connectivity index (χ4n) is 7.16. The normalized spacial score (nSPS) is 11.2. The molecule has 0 spiro atoms. The van der Waals surface area contributed by atoms with Crippen LogP contribution in [0.3, 0.4) is 0 Å². The molecule has 0 saturated carbocycles. The third kappa shape index (κ3) is 8.62.